The average Bonchev–Trinajstić information content (AvgIpc) is 2.29. The van der Waals surface area contributed by atoms with Crippen LogP contribution >= 0.6 is 11.6 Å². The van der Waals surface area contributed by atoms with Crippen LogP contribution in [-0.2, 0) is 0 Å². The summed E-state index contributed by atoms with van der Waals surface area (Å²) in [6, 6.07) is 3.19. The van der Waals surface area contributed by atoms with E-state index in [4.69, 9.17) is 21.1 Å². The van der Waals surface area contributed by atoms with Crippen molar-refractivity contribution >= 4 is 22.5 Å². The number of hydrogen-bond donors (Lipinski definition) is 1. The molecule has 84 valence electrons. The van der Waals surface area contributed by atoms with Gasteiger partial charge in [0, 0.05) is 6.07 Å². The fourth-order valence-electron chi connectivity index (χ4n) is 1.41. The molecule has 0 aliphatic rings. The molecule has 0 radical (unpaired) electrons. The van der Waals surface area contributed by atoms with E-state index in [9.17, 15) is 4.79 Å². The lowest BCUT2D eigenvalue weighted by Gasteiger charge is -2.08. The Bertz CT molecular complexity index is 567. The Balaban J connectivity index is 2.70. The minimum atomic E-state index is -0.222. The highest BCUT2D eigenvalue weighted by Crippen LogP contribution is 2.30. The molecule has 1 heterocycles. The maximum absolute atomic E-state index is 11.5. The summed E-state index contributed by atoms with van der Waals surface area (Å²) in [5.74, 6) is 0.912. The fourth-order valence-corrected chi connectivity index (χ4v) is 1.52. The van der Waals surface area contributed by atoms with Crippen molar-refractivity contribution in [1.82, 2.24) is 9.97 Å². The van der Waals surface area contributed by atoms with Crippen LogP contribution < -0.4 is 15.0 Å². The third-order valence-electron chi connectivity index (χ3n) is 2.14. The van der Waals surface area contributed by atoms with Crippen molar-refractivity contribution in [2.24, 2.45) is 0 Å². The van der Waals surface area contributed by atoms with Gasteiger partial charge in [-0.15, -0.1) is 0 Å². The molecule has 2 aromatic rings. The largest absolute Gasteiger partial charge is 0.493 e. The summed E-state index contributed by atoms with van der Waals surface area (Å²) in [4.78, 5) is 18.0. The standard InChI is InChI=1S/C10H9ClN2O3/c1-15-8-2-6-7(3-9(8)16-4-11)12-5-13-10(6)14/h2-3,5H,4H2,1H3,(H,12,13,14). The van der Waals surface area contributed by atoms with Gasteiger partial charge in [0.2, 0.25) is 0 Å². The third kappa shape index (κ3) is 1.81. The van der Waals surface area contributed by atoms with E-state index in [1.807, 2.05) is 0 Å². The second-order valence-electron chi connectivity index (χ2n) is 3.01. The first-order valence-electron chi connectivity index (χ1n) is 4.50. The van der Waals surface area contributed by atoms with Crippen LogP contribution in [0.2, 0.25) is 0 Å². The molecule has 1 N–H and O–H groups in total. The summed E-state index contributed by atoms with van der Waals surface area (Å²) in [6.07, 6.45) is 1.33. The molecule has 1 aromatic heterocycles. The Morgan fingerprint density at radius 2 is 2.25 bits per heavy atom. The number of nitrogens with zero attached hydrogens (tertiary/aromatic N) is 1. The molecule has 16 heavy (non-hydrogen) atoms. The predicted molar refractivity (Wildman–Crippen MR) is 60.3 cm³/mol. The van der Waals surface area contributed by atoms with Crippen LogP contribution in [0.25, 0.3) is 10.9 Å². The smallest absolute Gasteiger partial charge is 0.258 e. The number of fused-ring (bicyclic) bond motifs is 1. The van der Waals surface area contributed by atoms with Crippen LogP contribution in [0.1, 0.15) is 0 Å². The van der Waals surface area contributed by atoms with Crippen molar-refractivity contribution < 1.29 is 9.47 Å². The van der Waals surface area contributed by atoms with E-state index >= 15 is 0 Å². The predicted octanol–water partition coefficient (Wildman–Crippen LogP) is 1.51. The maximum atomic E-state index is 11.5. The van der Waals surface area contributed by atoms with Gasteiger partial charge in [0.05, 0.1) is 24.3 Å². The van der Waals surface area contributed by atoms with E-state index in [1.54, 1.807) is 12.1 Å². The van der Waals surface area contributed by atoms with Crippen molar-refractivity contribution in [3.05, 3.63) is 28.8 Å². The molecule has 0 aliphatic heterocycles. The second-order valence-corrected chi connectivity index (χ2v) is 3.22. The topological polar surface area (TPSA) is 64.2 Å². The van der Waals surface area contributed by atoms with Crippen LogP contribution in [0.3, 0.4) is 0 Å². The Morgan fingerprint density at radius 3 is 2.94 bits per heavy atom. The zero-order valence-electron chi connectivity index (χ0n) is 8.49. The molecule has 2 rings (SSSR count). The summed E-state index contributed by atoms with van der Waals surface area (Å²) in [5.41, 5.74) is 0.311. The van der Waals surface area contributed by atoms with Crippen LogP contribution in [-0.4, -0.2) is 23.1 Å². The highest BCUT2D eigenvalue weighted by Gasteiger charge is 2.09. The van der Waals surface area contributed by atoms with Gasteiger partial charge in [-0.25, -0.2) is 4.98 Å². The van der Waals surface area contributed by atoms with Crippen LogP contribution in [0.5, 0.6) is 11.5 Å². The molecule has 0 fully saturated rings. The van der Waals surface area contributed by atoms with Crippen molar-refractivity contribution in [3.8, 4) is 11.5 Å². The van der Waals surface area contributed by atoms with Crippen molar-refractivity contribution in [1.29, 1.82) is 0 Å². The number of H-pyrrole nitrogens is 1. The summed E-state index contributed by atoms with van der Waals surface area (Å²) >= 11 is 5.48. The van der Waals surface area contributed by atoms with Crippen LogP contribution in [0, 0.1) is 0 Å². The van der Waals surface area contributed by atoms with Gasteiger partial charge in [-0.05, 0) is 6.07 Å². The van der Waals surface area contributed by atoms with E-state index in [0.717, 1.165) is 0 Å². The summed E-state index contributed by atoms with van der Waals surface area (Å²) < 4.78 is 10.3. The quantitative estimate of drug-likeness (QED) is 0.826. The molecule has 0 atom stereocenters. The maximum Gasteiger partial charge on any atom is 0.258 e. The number of ether oxygens (including phenoxy) is 2. The van der Waals surface area contributed by atoms with Gasteiger partial charge in [-0.2, -0.15) is 0 Å². The first-order valence-corrected chi connectivity index (χ1v) is 5.04. The van der Waals surface area contributed by atoms with Crippen LogP contribution in [0.15, 0.2) is 23.3 Å². The van der Waals surface area contributed by atoms with E-state index in [1.165, 1.54) is 13.4 Å². The van der Waals surface area contributed by atoms with Crippen molar-refractivity contribution in [2.75, 3.05) is 13.2 Å². The van der Waals surface area contributed by atoms with Gasteiger partial charge in [0.15, 0.2) is 17.6 Å². The molecular formula is C10H9ClN2O3. The number of aromatic nitrogens is 2. The fraction of sp³-hybridized carbons (Fsp3) is 0.200. The summed E-state index contributed by atoms with van der Waals surface area (Å²) in [6.45, 7) is 0. The molecule has 1 aromatic carbocycles. The monoisotopic (exact) mass is 240 g/mol. The highest BCUT2D eigenvalue weighted by molar-refractivity contribution is 6.17. The number of benzene rings is 1. The average molecular weight is 241 g/mol. The summed E-state index contributed by atoms with van der Waals surface area (Å²) in [5, 5.41) is 0.446. The Hall–Kier alpha value is -1.75. The van der Waals surface area contributed by atoms with Gasteiger partial charge >= 0.3 is 0 Å². The number of halogens is 1. The number of hydrogen-bond acceptors (Lipinski definition) is 4. The first kappa shape index (κ1) is 10.8. The minimum absolute atomic E-state index is 0.00502. The van der Waals surface area contributed by atoms with Gasteiger partial charge in [-0.3, -0.25) is 4.79 Å². The molecule has 0 unspecified atom stereocenters. The zero-order chi connectivity index (χ0) is 11.5. The summed E-state index contributed by atoms with van der Waals surface area (Å²) in [7, 11) is 1.49. The zero-order valence-corrected chi connectivity index (χ0v) is 9.25. The number of rotatable bonds is 3. The Labute approximate surface area is 96.0 Å². The number of methoxy groups -OCH3 is 1. The third-order valence-corrected chi connectivity index (χ3v) is 2.25. The molecule has 0 bridgehead atoms. The van der Waals surface area contributed by atoms with Gasteiger partial charge in [0.25, 0.3) is 5.56 Å². The second kappa shape index (κ2) is 4.40. The number of nitrogens with one attached hydrogen (secondary N) is 1. The number of alkyl halides is 1. The molecule has 0 saturated heterocycles. The van der Waals surface area contributed by atoms with E-state index < -0.39 is 0 Å². The minimum Gasteiger partial charge on any atom is -0.493 e. The lowest BCUT2D eigenvalue weighted by molar-refractivity contribution is 0.342. The van der Waals surface area contributed by atoms with E-state index in [2.05, 4.69) is 9.97 Å². The highest BCUT2D eigenvalue weighted by atomic mass is 35.5. The lowest BCUT2D eigenvalue weighted by Crippen LogP contribution is -2.07. The molecule has 0 spiro atoms. The van der Waals surface area contributed by atoms with Gasteiger partial charge < -0.3 is 14.5 Å². The SMILES string of the molecule is COc1cc2c(=O)[nH]cnc2cc1OCCl. The first-order chi connectivity index (χ1) is 7.76. The van der Waals surface area contributed by atoms with E-state index in [-0.39, 0.29) is 11.6 Å². The van der Waals surface area contributed by atoms with E-state index in [0.29, 0.717) is 22.4 Å². The number of aromatic amines is 1. The Kier molecular flexibility index (Phi) is 2.96. The molecule has 6 heteroatoms. The molecule has 5 nitrogen and oxygen atoms in total. The van der Waals surface area contributed by atoms with Crippen LogP contribution in [0.4, 0.5) is 0 Å². The normalized spacial score (nSPS) is 10.4. The Morgan fingerprint density at radius 1 is 1.44 bits per heavy atom. The molecular weight excluding hydrogens is 232 g/mol. The lowest BCUT2D eigenvalue weighted by atomic mass is 10.2. The molecule has 0 aliphatic carbocycles. The van der Waals surface area contributed by atoms with Gasteiger partial charge in [-0.1, -0.05) is 11.6 Å². The molecule has 0 amide bonds. The van der Waals surface area contributed by atoms with Gasteiger partial charge in [0.1, 0.15) is 0 Å². The van der Waals surface area contributed by atoms with Crippen molar-refractivity contribution in [3.63, 3.8) is 0 Å². The van der Waals surface area contributed by atoms with Crippen molar-refractivity contribution in [2.45, 2.75) is 0 Å². The molecule has 0 saturated carbocycles.